The molecule has 1 N–H and O–H groups in total. The van der Waals surface area contributed by atoms with Crippen molar-refractivity contribution in [2.24, 2.45) is 28.1 Å². The summed E-state index contributed by atoms with van der Waals surface area (Å²) in [5.74, 6) is 1.65. The fraction of sp³-hybridized carbons (Fsp3) is 1.00. The van der Waals surface area contributed by atoms with Crippen LogP contribution < -0.4 is 0 Å². The van der Waals surface area contributed by atoms with E-state index >= 15 is 0 Å². The van der Waals surface area contributed by atoms with E-state index in [1.165, 1.54) is 116 Å². The third-order valence-corrected chi connectivity index (χ3v) is 10.4. The molecule has 5 rings (SSSR count). The topological polar surface area (TPSA) is 60.7 Å². The lowest BCUT2D eigenvalue weighted by Gasteiger charge is -2.52. The van der Waals surface area contributed by atoms with Crippen molar-refractivity contribution < 1.29 is 9.84 Å². The van der Waals surface area contributed by atoms with Gasteiger partial charge in [-0.2, -0.15) is 5.11 Å². The van der Waals surface area contributed by atoms with Crippen molar-refractivity contribution in [2.75, 3.05) is 39.3 Å². The SMILES string of the molecule is OC(C1CCCCC1)(C1CCCCC1)C1CCN(CCCOC2CCC(N3CCN=N3)CC2)CC1. The predicted octanol–water partition coefficient (Wildman–Crippen LogP) is 5.99. The van der Waals surface area contributed by atoms with Gasteiger partial charge in [-0.25, -0.2) is 0 Å². The van der Waals surface area contributed by atoms with Gasteiger partial charge in [-0.15, -0.1) is 0 Å². The van der Waals surface area contributed by atoms with Gasteiger partial charge in [0.15, 0.2) is 0 Å². The van der Waals surface area contributed by atoms with Gasteiger partial charge in [-0.05, 0) is 101 Å². The second kappa shape index (κ2) is 12.7. The van der Waals surface area contributed by atoms with Crippen molar-refractivity contribution in [1.29, 1.82) is 0 Å². The van der Waals surface area contributed by atoms with Crippen LogP contribution in [0.15, 0.2) is 10.3 Å². The van der Waals surface area contributed by atoms with Crippen LogP contribution >= 0.6 is 0 Å². The molecule has 0 atom stereocenters. The highest BCUT2D eigenvalue weighted by molar-refractivity contribution is 5.00. The molecule has 0 aromatic heterocycles. The highest BCUT2D eigenvalue weighted by Gasteiger charge is 2.49. The minimum absolute atomic E-state index is 0.384. The van der Waals surface area contributed by atoms with Crippen LogP contribution in [-0.4, -0.2) is 72.1 Å². The number of likely N-dealkylation sites (tertiary alicyclic amines) is 1. The molecule has 0 bridgehead atoms. The number of hydrogen-bond donors (Lipinski definition) is 1. The number of nitrogens with zero attached hydrogens (tertiary/aromatic N) is 4. The summed E-state index contributed by atoms with van der Waals surface area (Å²) < 4.78 is 6.28. The van der Waals surface area contributed by atoms with Gasteiger partial charge < -0.3 is 14.7 Å². The minimum atomic E-state index is -0.384. The molecule has 0 spiro atoms. The van der Waals surface area contributed by atoms with E-state index in [0.717, 1.165) is 32.7 Å². The highest BCUT2D eigenvalue weighted by Crippen LogP contribution is 2.49. The van der Waals surface area contributed by atoms with Crippen molar-refractivity contribution in [3.63, 3.8) is 0 Å². The first-order chi connectivity index (χ1) is 17.2. The first-order valence-corrected chi connectivity index (χ1v) is 15.4. The average Bonchev–Trinajstić information content (AvgIpc) is 3.48. The van der Waals surface area contributed by atoms with E-state index in [1.807, 2.05) is 0 Å². The van der Waals surface area contributed by atoms with Crippen LogP contribution in [0.4, 0.5) is 0 Å². The average molecular weight is 489 g/mol. The van der Waals surface area contributed by atoms with Crippen molar-refractivity contribution in [2.45, 2.75) is 127 Å². The molecule has 2 heterocycles. The lowest BCUT2D eigenvalue weighted by molar-refractivity contribution is -0.146. The molecule has 2 aliphatic heterocycles. The van der Waals surface area contributed by atoms with E-state index in [-0.39, 0.29) is 5.60 Å². The molecule has 0 amide bonds. The van der Waals surface area contributed by atoms with Crippen LogP contribution in [0.3, 0.4) is 0 Å². The van der Waals surface area contributed by atoms with Gasteiger partial charge in [0.1, 0.15) is 0 Å². The van der Waals surface area contributed by atoms with Crippen LogP contribution in [0.25, 0.3) is 0 Å². The Morgan fingerprint density at radius 3 is 1.89 bits per heavy atom. The van der Waals surface area contributed by atoms with Gasteiger partial charge in [0.05, 0.1) is 24.8 Å². The Hall–Kier alpha value is -0.720. The van der Waals surface area contributed by atoms with Gasteiger partial charge in [-0.1, -0.05) is 43.7 Å². The Morgan fingerprint density at radius 2 is 1.31 bits per heavy atom. The van der Waals surface area contributed by atoms with Gasteiger partial charge in [-0.3, -0.25) is 5.01 Å². The maximum absolute atomic E-state index is 12.4. The third-order valence-electron chi connectivity index (χ3n) is 10.4. The maximum atomic E-state index is 12.4. The first-order valence-electron chi connectivity index (χ1n) is 15.4. The lowest BCUT2D eigenvalue weighted by atomic mass is 9.59. The molecule has 3 aliphatic carbocycles. The smallest absolute Gasteiger partial charge is 0.0813 e. The molecule has 0 unspecified atom stereocenters. The fourth-order valence-electron chi connectivity index (χ4n) is 8.37. The van der Waals surface area contributed by atoms with E-state index in [2.05, 4.69) is 20.2 Å². The second-order valence-corrected chi connectivity index (χ2v) is 12.4. The molecule has 35 heavy (non-hydrogen) atoms. The summed E-state index contributed by atoms with van der Waals surface area (Å²) in [5.41, 5.74) is -0.384. The van der Waals surface area contributed by atoms with Gasteiger partial charge in [0, 0.05) is 19.2 Å². The van der Waals surface area contributed by atoms with Crippen molar-refractivity contribution in [3.05, 3.63) is 0 Å². The zero-order chi connectivity index (χ0) is 23.9. The molecular weight excluding hydrogens is 436 g/mol. The number of aliphatic hydroxyl groups is 1. The van der Waals surface area contributed by atoms with Crippen LogP contribution in [-0.2, 0) is 4.74 Å². The van der Waals surface area contributed by atoms with Gasteiger partial charge >= 0.3 is 0 Å². The third kappa shape index (κ3) is 6.41. The molecule has 0 aromatic rings. The van der Waals surface area contributed by atoms with E-state index in [9.17, 15) is 5.11 Å². The predicted molar refractivity (Wildman–Crippen MR) is 140 cm³/mol. The monoisotopic (exact) mass is 488 g/mol. The number of rotatable bonds is 9. The summed E-state index contributed by atoms with van der Waals surface area (Å²) in [6.07, 6.45) is 21.9. The lowest BCUT2D eigenvalue weighted by Crippen LogP contribution is -2.55. The van der Waals surface area contributed by atoms with Crippen molar-refractivity contribution in [1.82, 2.24) is 9.91 Å². The number of ether oxygens (including phenoxy) is 1. The zero-order valence-electron chi connectivity index (χ0n) is 22.3. The summed E-state index contributed by atoms with van der Waals surface area (Å²) in [7, 11) is 0. The zero-order valence-corrected chi connectivity index (χ0v) is 22.3. The van der Waals surface area contributed by atoms with E-state index in [0.29, 0.717) is 29.9 Å². The molecule has 3 saturated carbocycles. The highest BCUT2D eigenvalue weighted by atomic mass is 16.5. The first kappa shape index (κ1) is 25.9. The van der Waals surface area contributed by atoms with Crippen LogP contribution in [0.1, 0.15) is 109 Å². The molecule has 6 heteroatoms. The Balaban J connectivity index is 1.02. The number of hydrogen-bond acceptors (Lipinski definition) is 6. The van der Waals surface area contributed by atoms with E-state index in [1.54, 1.807) is 0 Å². The van der Waals surface area contributed by atoms with E-state index in [4.69, 9.17) is 4.74 Å². The largest absolute Gasteiger partial charge is 0.389 e. The van der Waals surface area contributed by atoms with Gasteiger partial charge in [0.25, 0.3) is 0 Å². The minimum Gasteiger partial charge on any atom is -0.389 e. The molecule has 0 aromatic carbocycles. The van der Waals surface area contributed by atoms with Gasteiger partial charge in [0.2, 0.25) is 0 Å². The summed E-state index contributed by atoms with van der Waals surface area (Å²) in [6, 6.07) is 0.586. The fourth-order valence-corrected chi connectivity index (χ4v) is 8.37. The summed E-state index contributed by atoms with van der Waals surface area (Å²) in [6.45, 7) is 6.26. The summed E-state index contributed by atoms with van der Waals surface area (Å²) >= 11 is 0. The van der Waals surface area contributed by atoms with E-state index < -0.39 is 0 Å². The molecule has 5 aliphatic rings. The summed E-state index contributed by atoms with van der Waals surface area (Å²) in [5, 5.41) is 23.0. The van der Waals surface area contributed by atoms with Crippen molar-refractivity contribution in [3.8, 4) is 0 Å². The Labute approximate surface area is 214 Å². The molecule has 0 radical (unpaired) electrons. The van der Waals surface area contributed by atoms with Crippen LogP contribution in [0, 0.1) is 17.8 Å². The molecule has 1 saturated heterocycles. The summed E-state index contributed by atoms with van der Waals surface area (Å²) in [4.78, 5) is 2.65. The Kier molecular flexibility index (Phi) is 9.39. The van der Waals surface area contributed by atoms with Crippen LogP contribution in [0.2, 0.25) is 0 Å². The second-order valence-electron chi connectivity index (χ2n) is 12.4. The number of piperidine rings is 1. The molecular formula is C29H52N4O2. The normalized spacial score (nSPS) is 30.8. The molecule has 200 valence electrons. The maximum Gasteiger partial charge on any atom is 0.0813 e. The Morgan fingerprint density at radius 1 is 0.714 bits per heavy atom. The Bertz CT molecular complexity index is 627. The quantitative estimate of drug-likeness (QED) is 0.405. The van der Waals surface area contributed by atoms with Crippen molar-refractivity contribution >= 4 is 0 Å². The van der Waals surface area contributed by atoms with Crippen LogP contribution in [0.5, 0.6) is 0 Å². The standard InChI is InChI=1S/C29H52N4O2/c34-29(24-8-3-1-4-9-24,25-10-5-2-6-11-25)26-16-20-32(21-17-26)19-7-23-35-28-14-12-27(13-15-28)33-22-18-30-31-33/h24-28,34H,1-23H2. The molecule has 4 fully saturated rings. The molecule has 6 nitrogen and oxygen atoms in total.